The Morgan fingerprint density at radius 3 is 2.20 bits per heavy atom. The van der Waals surface area contributed by atoms with Crippen LogP contribution in [0.25, 0.3) is 0 Å². The molecule has 0 bridgehead atoms. The van der Waals surface area contributed by atoms with Crippen molar-refractivity contribution < 1.29 is 14.3 Å². The monoisotopic (exact) mass is 472 g/mol. The molecule has 0 aliphatic heterocycles. The number of rotatable bonds is 12. The van der Waals surface area contributed by atoms with Gasteiger partial charge in [-0.3, -0.25) is 9.59 Å². The number of ether oxygens (including phenoxy) is 1. The third kappa shape index (κ3) is 7.71. The van der Waals surface area contributed by atoms with E-state index in [1.165, 1.54) is 0 Å². The number of nitrogens with one attached hydrogen (secondary N) is 1. The van der Waals surface area contributed by atoms with E-state index >= 15 is 0 Å². The first kappa shape index (κ1) is 26.0. The summed E-state index contributed by atoms with van der Waals surface area (Å²) in [5.74, 6) is 0.324. The minimum Gasteiger partial charge on any atom is -0.483 e. The zero-order chi connectivity index (χ0) is 25.0. The Balaban J connectivity index is 1.88. The van der Waals surface area contributed by atoms with Crippen molar-refractivity contribution >= 4 is 11.8 Å². The molecule has 0 unspecified atom stereocenters. The van der Waals surface area contributed by atoms with Crippen LogP contribution in [-0.2, 0) is 22.6 Å². The summed E-state index contributed by atoms with van der Waals surface area (Å²) in [4.78, 5) is 28.7. The third-order valence-electron chi connectivity index (χ3n) is 6.20. The van der Waals surface area contributed by atoms with E-state index in [-0.39, 0.29) is 18.4 Å². The van der Waals surface area contributed by atoms with Gasteiger partial charge in [0.1, 0.15) is 11.8 Å². The Labute approximate surface area is 209 Å². The van der Waals surface area contributed by atoms with E-state index in [0.29, 0.717) is 25.3 Å². The van der Waals surface area contributed by atoms with Gasteiger partial charge in [-0.2, -0.15) is 0 Å². The first-order chi connectivity index (χ1) is 17.0. The van der Waals surface area contributed by atoms with Crippen molar-refractivity contribution in [1.29, 1.82) is 0 Å². The number of hydrogen-bond acceptors (Lipinski definition) is 3. The van der Waals surface area contributed by atoms with Gasteiger partial charge in [-0.25, -0.2) is 0 Å². The molecule has 3 rings (SSSR count). The van der Waals surface area contributed by atoms with Gasteiger partial charge in [-0.15, -0.1) is 0 Å². The molecule has 0 heterocycles. The first-order valence-electron chi connectivity index (χ1n) is 12.3. The Morgan fingerprint density at radius 1 is 0.886 bits per heavy atom. The fraction of sp³-hybridized carbons (Fsp3) is 0.333. The molecule has 0 spiro atoms. The molecule has 1 N–H and O–H groups in total. The second-order valence-corrected chi connectivity index (χ2v) is 8.84. The van der Waals surface area contributed by atoms with Gasteiger partial charge in [-0.05, 0) is 48.6 Å². The number of nitrogens with zero attached hydrogens (tertiary/aromatic N) is 1. The van der Waals surface area contributed by atoms with Crippen molar-refractivity contribution in [2.45, 2.75) is 52.6 Å². The summed E-state index contributed by atoms with van der Waals surface area (Å²) in [6.45, 7) is 6.87. The van der Waals surface area contributed by atoms with Gasteiger partial charge in [0.2, 0.25) is 5.91 Å². The Morgan fingerprint density at radius 2 is 1.54 bits per heavy atom. The molecule has 0 fully saturated rings. The molecule has 0 radical (unpaired) electrons. The van der Waals surface area contributed by atoms with Gasteiger partial charge < -0.3 is 15.0 Å². The predicted molar refractivity (Wildman–Crippen MR) is 140 cm³/mol. The lowest BCUT2D eigenvalue weighted by molar-refractivity contribution is -0.142. The minimum atomic E-state index is -0.649. The number of hydrogen-bond donors (Lipinski definition) is 1. The van der Waals surface area contributed by atoms with Gasteiger partial charge in [0, 0.05) is 19.5 Å². The highest BCUT2D eigenvalue weighted by Crippen LogP contribution is 2.21. The van der Waals surface area contributed by atoms with Crippen LogP contribution in [0.1, 0.15) is 42.0 Å². The van der Waals surface area contributed by atoms with Crippen LogP contribution in [0.15, 0.2) is 78.9 Å². The first-order valence-corrected chi connectivity index (χ1v) is 12.3. The zero-order valence-corrected chi connectivity index (χ0v) is 21.0. The van der Waals surface area contributed by atoms with E-state index in [2.05, 4.69) is 12.2 Å². The summed E-state index contributed by atoms with van der Waals surface area (Å²) < 4.78 is 5.95. The van der Waals surface area contributed by atoms with Gasteiger partial charge >= 0.3 is 0 Å². The molecule has 0 aliphatic rings. The van der Waals surface area contributed by atoms with Crippen molar-refractivity contribution in [3.63, 3.8) is 0 Å². The maximum Gasteiger partial charge on any atom is 0.261 e. The number of aryl methyl sites for hydroxylation is 1. The Hall–Kier alpha value is -3.60. The van der Waals surface area contributed by atoms with Crippen molar-refractivity contribution in [2.24, 2.45) is 0 Å². The highest BCUT2D eigenvalue weighted by atomic mass is 16.5. The fourth-order valence-corrected chi connectivity index (χ4v) is 3.94. The van der Waals surface area contributed by atoms with E-state index in [0.717, 1.165) is 35.1 Å². The summed E-state index contributed by atoms with van der Waals surface area (Å²) in [7, 11) is 0. The van der Waals surface area contributed by atoms with Crippen molar-refractivity contribution in [3.8, 4) is 5.75 Å². The van der Waals surface area contributed by atoms with Crippen molar-refractivity contribution in [1.82, 2.24) is 10.2 Å². The van der Waals surface area contributed by atoms with Crippen molar-refractivity contribution in [2.75, 3.05) is 13.2 Å². The quantitative estimate of drug-likeness (QED) is 0.367. The normalized spacial score (nSPS) is 11.5. The molecule has 0 saturated heterocycles. The Bertz CT molecular complexity index is 1080. The standard InChI is InChI=1S/C30H36N2O3/c1-4-5-19-31-30(34)27(20-25-14-8-6-9-15-25)32(21-26-16-10-7-11-17-26)29(33)22-35-28-18-12-13-23(2)24(28)3/h6-18,27H,4-5,19-22H2,1-3H3,(H,31,34)/t27-/m1/s1. The lowest BCUT2D eigenvalue weighted by Crippen LogP contribution is -2.51. The number of unbranched alkanes of at least 4 members (excludes halogenated alkanes) is 1. The summed E-state index contributed by atoms with van der Waals surface area (Å²) in [5, 5.41) is 3.04. The molecule has 35 heavy (non-hydrogen) atoms. The van der Waals surface area contributed by atoms with Crippen LogP contribution in [-0.4, -0.2) is 35.9 Å². The number of amides is 2. The average Bonchev–Trinajstić information content (AvgIpc) is 2.88. The third-order valence-corrected chi connectivity index (χ3v) is 6.20. The highest BCUT2D eigenvalue weighted by molar-refractivity contribution is 5.88. The molecule has 0 saturated carbocycles. The minimum absolute atomic E-state index is 0.134. The van der Waals surface area contributed by atoms with Crippen LogP contribution in [0.2, 0.25) is 0 Å². The van der Waals surface area contributed by atoms with E-state index in [1.54, 1.807) is 4.90 Å². The topological polar surface area (TPSA) is 58.6 Å². The highest BCUT2D eigenvalue weighted by Gasteiger charge is 2.30. The molecule has 0 aromatic heterocycles. The van der Waals surface area contributed by atoms with E-state index in [4.69, 9.17) is 4.74 Å². The number of carbonyl (C=O) groups is 2. The number of carbonyl (C=O) groups excluding carboxylic acids is 2. The Kier molecular flexibility index (Phi) is 9.91. The second-order valence-electron chi connectivity index (χ2n) is 8.84. The van der Waals surface area contributed by atoms with Gasteiger partial charge in [0.25, 0.3) is 5.91 Å². The fourth-order valence-electron chi connectivity index (χ4n) is 3.94. The van der Waals surface area contributed by atoms with Crippen LogP contribution < -0.4 is 10.1 Å². The molecule has 3 aromatic rings. The van der Waals surface area contributed by atoms with Crippen molar-refractivity contribution in [3.05, 3.63) is 101 Å². The van der Waals surface area contributed by atoms with Crippen LogP contribution >= 0.6 is 0 Å². The molecule has 3 aromatic carbocycles. The molecule has 1 atom stereocenters. The molecule has 2 amide bonds. The average molecular weight is 473 g/mol. The summed E-state index contributed by atoms with van der Waals surface area (Å²) in [6.07, 6.45) is 2.31. The molecule has 0 aliphatic carbocycles. The summed E-state index contributed by atoms with van der Waals surface area (Å²) in [5.41, 5.74) is 4.08. The predicted octanol–water partition coefficient (Wildman–Crippen LogP) is 5.24. The van der Waals surface area contributed by atoms with Crippen LogP contribution in [0.3, 0.4) is 0 Å². The summed E-state index contributed by atoms with van der Waals surface area (Å²) >= 11 is 0. The van der Waals surface area contributed by atoms with Gasteiger partial charge in [0.05, 0.1) is 0 Å². The lowest BCUT2D eigenvalue weighted by Gasteiger charge is -2.31. The maximum absolute atomic E-state index is 13.6. The summed E-state index contributed by atoms with van der Waals surface area (Å²) in [6, 6.07) is 24.8. The molecule has 5 nitrogen and oxygen atoms in total. The second kappa shape index (κ2) is 13.3. The van der Waals surface area contributed by atoms with E-state index in [9.17, 15) is 9.59 Å². The van der Waals surface area contributed by atoms with Crippen LogP contribution in [0.5, 0.6) is 5.75 Å². The van der Waals surface area contributed by atoms with E-state index < -0.39 is 6.04 Å². The van der Waals surface area contributed by atoms with Gasteiger partial charge in [-0.1, -0.05) is 86.1 Å². The lowest BCUT2D eigenvalue weighted by atomic mass is 10.0. The van der Waals surface area contributed by atoms with E-state index in [1.807, 2.05) is 92.7 Å². The number of benzene rings is 3. The van der Waals surface area contributed by atoms with Gasteiger partial charge in [0.15, 0.2) is 6.61 Å². The zero-order valence-electron chi connectivity index (χ0n) is 21.0. The largest absolute Gasteiger partial charge is 0.483 e. The molecular weight excluding hydrogens is 436 g/mol. The van der Waals surface area contributed by atoms with Crippen LogP contribution in [0, 0.1) is 13.8 Å². The maximum atomic E-state index is 13.6. The molecular formula is C30H36N2O3. The SMILES string of the molecule is CCCCNC(=O)[C@@H](Cc1ccccc1)N(Cc1ccccc1)C(=O)COc1cccc(C)c1C. The molecule has 5 heteroatoms. The molecule has 184 valence electrons. The van der Waals surface area contributed by atoms with Crippen LogP contribution in [0.4, 0.5) is 0 Å². The smallest absolute Gasteiger partial charge is 0.261 e.